The van der Waals surface area contributed by atoms with Crippen molar-refractivity contribution in [2.45, 2.75) is 25.9 Å². The lowest BCUT2D eigenvalue weighted by atomic mass is 10.1. The van der Waals surface area contributed by atoms with Crippen molar-refractivity contribution in [3.63, 3.8) is 0 Å². The molecular formula is C23H28N4O5. The Morgan fingerprint density at radius 2 is 1.94 bits per heavy atom. The number of nitrogens with zero attached hydrogens (tertiary/aromatic N) is 2. The first-order valence-electron chi connectivity index (χ1n) is 10.7. The second-order valence-electron chi connectivity index (χ2n) is 7.74. The number of unbranched alkanes of at least 4 members (excludes halogenated alkanes) is 1. The van der Waals surface area contributed by atoms with Crippen LogP contribution in [0.5, 0.6) is 0 Å². The van der Waals surface area contributed by atoms with E-state index in [4.69, 9.17) is 4.74 Å². The van der Waals surface area contributed by atoms with E-state index >= 15 is 0 Å². The predicted molar refractivity (Wildman–Crippen MR) is 120 cm³/mol. The molecule has 0 saturated carbocycles. The van der Waals surface area contributed by atoms with Gasteiger partial charge in [-0.1, -0.05) is 30.3 Å². The molecule has 2 aromatic rings. The molecule has 1 unspecified atom stereocenters. The van der Waals surface area contributed by atoms with E-state index < -0.39 is 16.7 Å². The van der Waals surface area contributed by atoms with E-state index in [1.807, 2.05) is 18.2 Å². The molecular weight excluding hydrogens is 412 g/mol. The van der Waals surface area contributed by atoms with Crippen LogP contribution in [-0.4, -0.2) is 54.4 Å². The number of ether oxygens (including phenoxy) is 1. The maximum absolute atomic E-state index is 12.1. The van der Waals surface area contributed by atoms with Crippen molar-refractivity contribution < 1.29 is 19.2 Å². The molecule has 1 heterocycles. The second kappa shape index (κ2) is 11.4. The first kappa shape index (κ1) is 23.4. The number of hydrogen-bond donors (Lipinski definition) is 2. The Labute approximate surface area is 186 Å². The summed E-state index contributed by atoms with van der Waals surface area (Å²) in [5.41, 5.74) is 2.00. The number of amides is 2. The van der Waals surface area contributed by atoms with Gasteiger partial charge in [0.1, 0.15) is 0 Å². The van der Waals surface area contributed by atoms with Gasteiger partial charge in [-0.05, 0) is 43.5 Å². The first-order chi connectivity index (χ1) is 15.4. The summed E-state index contributed by atoms with van der Waals surface area (Å²) < 4.78 is 5.88. The SMILES string of the molecule is Cc1cc([N+](=O)[O-])ccc1NC(=O)C(=O)NCCCCN1CCOC(c2ccccc2)C1. The predicted octanol–water partition coefficient (Wildman–Crippen LogP) is 2.81. The van der Waals surface area contributed by atoms with E-state index in [2.05, 4.69) is 27.7 Å². The van der Waals surface area contributed by atoms with E-state index in [0.717, 1.165) is 32.5 Å². The maximum atomic E-state index is 12.1. The van der Waals surface area contributed by atoms with Gasteiger partial charge in [0.15, 0.2) is 0 Å². The van der Waals surface area contributed by atoms with E-state index in [9.17, 15) is 19.7 Å². The van der Waals surface area contributed by atoms with Gasteiger partial charge in [0.05, 0.1) is 17.6 Å². The maximum Gasteiger partial charge on any atom is 0.313 e. The minimum atomic E-state index is -0.791. The van der Waals surface area contributed by atoms with Gasteiger partial charge in [0.25, 0.3) is 5.69 Å². The first-order valence-corrected chi connectivity index (χ1v) is 10.7. The lowest BCUT2D eigenvalue weighted by molar-refractivity contribution is -0.384. The Morgan fingerprint density at radius 3 is 2.66 bits per heavy atom. The molecule has 0 aromatic heterocycles. The van der Waals surface area contributed by atoms with Crippen molar-refractivity contribution in [1.82, 2.24) is 10.2 Å². The summed E-state index contributed by atoms with van der Waals surface area (Å²) in [6.45, 7) is 5.35. The van der Waals surface area contributed by atoms with Crippen LogP contribution in [0.25, 0.3) is 0 Å². The van der Waals surface area contributed by atoms with E-state index in [1.165, 1.54) is 23.8 Å². The fourth-order valence-electron chi connectivity index (χ4n) is 3.60. The van der Waals surface area contributed by atoms with Gasteiger partial charge >= 0.3 is 11.8 Å². The molecule has 1 saturated heterocycles. The zero-order chi connectivity index (χ0) is 22.9. The molecule has 0 bridgehead atoms. The zero-order valence-corrected chi connectivity index (χ0v) is 18.1. The number of nitro benzene ring substituents is 1. The normalized spacial score (nSPS) is 16.3. The number of carbonyl (C=O) groups excluding carboxylic acids is 2. The largest absolute Gasteiger partial charge is 0.371 e. The smallest absolute Gasteiger partial charge is 0.313 e. The summed E-state index contributed by atoms with van der Waals surface area (Å²) in [6, 6.07) is 14.2. The van der Waals surface area contributed by atoms with Crippen LogP contribution < -0.4 is 10.6 Å². The third-order valence-corrected chi connectivity index (χ3v) is 5.38. The quantitative estimate of drug-likeness (QED) is 0.282. The summed E-state index contributed by atoms with van der Waals surface area (Å²) in [7, 11) is 0. The molecule has 1 aliphatic rings. The van der Waals surface area contributed by atoms with Crippen molar-refractivity contribution >= 4 is 23.2 Å². The van der Waals surface area contributed by atoms with Gasteiger partial charge in [-0.3, -0.25) is 24.6 Å². The van der Waals surface area contributed by atoms with E-state index in [-0.39, 0.29) is 11.8 Å². The van der Waals surface area contributed by atoms with Crippen LogP contribution >= 0.6 is 0 Å². The highest BCUT2D eigenvalue weighted by Crippen LogP contribution is 2.22. The zero-order valence-electron chi connectivity index (χ0n) is 18.1. The van der Waals surface area contributed by atoms with Gasteiger partial charge in [0.2, 0.25) is 0 Å². The average molecular weight is 441 g/mol. The monoisotopic (exact) mass is 440 g/mol. The van der Waals surface area contributed by atoms with Crippen molar-refractivity contribution in [3.05, 3.63) is 69.8 Å². The molecule has 1 atom stereocenters. The van der Waals surface area contributed by atoms with Crippen LogP contribution in [0.3, 0.4) is 0 Å². The molecule has 1 aliphatic heterocycles. The highest BCUT2D eigenvalue weighted by atomic mass is 16.6. The third-order valence-electron chi connectivity index (χ3n) is 5.38. The van der Waals surface area contributed by atoms with Crippen LogP contribution in [0.1, 0.15) is 30.1 Å². The standard InChI is InChI=1S/C23H28N4O5/c1-17-15-19(27(30)31)9-10-20(17)25-23(29)22(28)24-11-5-6-12-26-13-14-32-21(16-26)18-7-3-2-4-8-18/h2-4,7-10,15,21H,5-6,11-14,16H2,1H3,(H,24,28)(H,25,29). The lowest BCUT2D eigenvalue weighted by Crippen LogP contribution is -2.39. The fourth-order valence-corrected chi connectivity index (χ4v) is 3.60. The Morgan fingerprint density at radius 1 is 1.16 bits per heavy atom. The third kappa shape index (κ3) is 6.60. The molecule has 2 amide bonds. The van der Waals surface area contributed by atoms with Gasteiger partial charge in [-0.25, -0.2) is 0 Å². The Balaban J connectivity index is 1.35. The molecule has 0 spiro atoms. The highest BCUT2D eigenvalue weighted by Gasteiger charge is 2.21. The van der Waals surface area contributed by atoms with Gasteiger partial charge in [-0.2, -0.15) is 0 Å². The molecule has 32 heavy (non-hydrogen) atoms. The molecule has 1 fully saturated rings. The van der Waals surface area contributed by atoms with Gasteiger partial charge in [0, 0.05) is 37.5 Å². The molecule has 2 N–H and O–H groups in total. The molecule has 0 aliphatic carbocycles. The molecule has 3 rings (SSSR count). The lowest BCUT2D eigenvalue weighted by Gasteiger charge is -2.33. The van der Waals surface area contributed by atoms with Crippen molar-refractivity contribution in [1.29, 1.82) is 0 Å². The Bertz CT molecular complexity index is 951. The van der Waals surface area contributed by atoms with Crippen molar-refractivity contribution in [3.8, 4) is 0 Å². The van der Waals surface area contributed by atoms with E-state index in [0.29, 0.717) is 24.4 Å². The molecule has 9 nitrogen and oxygen atoms in total. The number of hydrogen-bond acceptors (Lipinski definition) is 6. The Hall–Kier alpha value is -3.30. The number of rotatable bonds is 8. The molecule has 170 valence electrons. The summed E-state index contributed by atoms with van der Waals surface area (Å²) in [4.78, 5) is 36.8. The summed E-state index contributed by atoms with van der Waals surface area (Å²) >= 11 is 0. The van der Waals surface area contributed by atoms with Crippen LogP contribution in [0.2, 0.25) is 0 Å². The number of nitrogens with one attached hydrogen (secondary N) is 2. The van der Waals surface area contributed by atoms with Crippen LogP contribution in [0, 0.1) is 17.0 Å². The minimum absolute atomic E-state index is 0.0692. The summed E-state index contributed by atoms with van der Waals surface area (Å²) in [6.07, 6.45) is 1.73. The summed E-state index contributed by atoms with van der Waals surface area (Å²) in [5, 5.41) is 15.9. The van der Waals surface area contributed by atoms with Crippen molar-refractivity contribution in [2.75, 3.05) is 38.1 Å². The Kier molecular flexibility index (Phi) is 8.29. The van der Waals surface area contributed by atoms with Gasteiger partial charge < -0.3 is 15.4 Å². The number of anilines is 1. The number of benzene rings is 2. The number of carbonyl (C=O) groups is 2. The highest BCUT2D eigenvalue weighted by molar-refractivity contribution is 6.39. The fraction of sp³-hybridized carbons (Fsp3) is 0.391. The topological polar surface area (TPSA) is 114 Å². The van der Waals surface area contributed by atoms with Gasteiger partial charge in [-0.15, -0.1) is 0 Å². The number of non-ortho nitro benzene ring substituents is 1. The van der Waals surface area contributed by atoms with Crippen molar-refractivity contribution in [2.24, 2.45) is 0 Å². The number of nitro groups is 1. The van der Waals surface area contributed by atoms with Crippen LogP contribution in [0.15, 0.2) is 48.5 Å². The van der Waals surface area contributed by atoms with Crippen LogP contribution in [0.4, 0.5) is 11.4 Å². The average Bonchev–Trinajstić information content (AvgIpc) is 2.80. The van der Waals surface area contributed by atoms with Crippen LogP contribution in [-0.2, 0) is 14.3 Å². The number of aryl methyl sites for hydroxylation is 1. The van der Waals surface area contributed by atoms with E-state index in [1.54, 1.807) is 6.92 Å². The second-order valence-corrected chi connectivity index (χ2v) is 7.74. The minimum Gasteiger partial charge on any atom is -0.371 e. The molecule has 2 aromatic carbocycles. The summed E-state index contributed by atoms with van der Waals surface area (Å²) in [5.74, 6) is -1.51. The molecule has 0 radical (unpaired) electrons. The molecule has 9 heteroatoms. The number of morpholine rings is 1.